The Morgan fingerprint density at radius 2 is 1.65 bits per heavy atom. The summed E-state index contributed by atoms with van der Waals surface area (Å²) >= 11 is 11.6. The number of primary amides is 1. The number of nitrogens with one attached hydrogen (secondary N) is 2. The third-order valence-electron chi connectivity index (χ3n) is 2.25. The first-order valence-corrected chi connectivity index (χ1v) is 6.39. The van der Waals surface area contributed by atoms with Gasteiger partial charge in [0, 0.05) is 0 Å². The van der Waals surface area contributed by atoms with Crippen molar-refractivity contribution in [1.82, 2.24) is 10.6 Å². The fraction of sp³-hybridized carbons (Fsp3) is 0.250. The number of nitrogens with two attached hydrogens (primary N) is 1. The first kappa shape index (κ1) is 16.3. The molecule has 0 saturated carbocycles. The third-order valence-corrected chi connectivity index (χ3v) is 2.99. The van der Waals surface area contributed by atoms with Crippen LogP contribution in [-0.4, -0.2) is 30.8 Å². The minimum absolute atomic E-state index is 0.0694. The Balaban J connectivity index is 2.38. The van der Waals surface area contributed by atoms with Crippen LogP contribution in [0.15, 0.2) is 18.2 Å². The summed E-state index contributed by atoms with van der Waals surface area (Å²) in [5.74, 6) is -1.50. The molecule has 1 aromatic carbocycles. The molecule has 0 bridgehead atoms. The lowest BCUT2D eigenvalue weighted by molar-refractivity contribution is -0.126. The number of hydrogen-bond acceptors (Lipinski definition) is 3. The molecule has 8 heteroatoms. The molecule has 0 atom stereocenters. The van der Waals surface area contributed by atoms with Gasteiger partial charge in [-0.2, -0.15) is 0 Å². The maximum atomic E-state index is 11.6. The van der Waals surface area contributed by atoms with E-state index in [0.29, 0.717) is 15.6 Å². The Hall–Kier alpha value is -1.79. The van der Waals surface area contributed by atoms with E-state index in [1.807, 2.05) is 0 Å². The first-order chi connectivity index (χ1) is 9.38. The number of hydrogen-bond donors (Lipinski definition) is 3. The maximum Gasteiger partial charge on any atom is 0.239 e. The Bertz CT molecular complexity index is 535. The zero-order chi connectivity index (χ0) is 15.1. The molecule has 0 spiro atoms. The zero-order valence-corrected chi connectivity index (χ0v) is 11.9. The monoisotopic (exact) mass is 317 g/mol. The number of halogens is 2. The van der Waals surface area contributed by atoms with Crippen molar-refractivity contribution in [3.8, 4) is 0 Å². The Kier molecular flexibility index (Phi) is 6.27. The molecule has 6 nitrogen and oxygen atoms in total. The molecular formula is C12H13Cl2N3O3. The lowest BCUT2D eigenvalue weighted by atomic mass is 10.1. The Morgan fingerprint density at radius 1 is 1.00 bits per heavy atom. The van der Waals surface area contributed by atoms with Crippen LogP contribution in [0.3, 0.4) is 0 Å². The third kappa shape index (κ3) is 5.90. The van der Waals surface area contributed by atoms with Gasteiger partial charge >= 0.3 is 0 Å². The van der Waals surface area contributed by atoms with Crippen molar-refractivity contribution in [2.75, 3.05) is 13.1 Å². The van der Waals surface area contributed by atoms with Gasteiger partial charge in [0.25, 0.3) is 0 Å². The Labute approximate surface area is 125 Å². The topological polar surface area (TPSA) is 101 Å². The van der Waals surface area contributed by atoms with Crippen LogP contribution in [-0.2, 0) is 20.8 Å². The van der Waals surface area contributed by atoms with Gasteiger partial charge in [-0.1, -0.05) is 29.3 Å². The molecule has 0 radical (unpaired) electrons. The predicted molar refractivity (Wildman–Crippen MR) is 75.4 cm³/mol. The van der Waals surface area contributed by atoms with E-state index in [4.69, 9.17) is 28.9 Å². The van der Waals surface area contributed by atoms with Gasteiger partial charge in [0.1, 0.15) is 0 Å². The molecule has 0 heterocycles. The summed E-state index contributed by atoms with van der Waals surface area (Å²) < 4.78 is 0. The smallest absolute Gasteiger partial charge is 0.239 e. The number of rotatable bonds is 6. The number of carbonyl (C=O) groups excluding carboxylic acids is 3. The average molecular weight is 318 g/mol. The van der Waals surface area contributed by atoms with Crippen LogP contribution in [0.2, 0.25) is 10.0 Å². The highest BCUT2D eigenvalue weighted by atomic mass is 35.5. The summed E-state index contributed by atoms with van der Waals surface area (Å²) in [5.41, 5.74) is 5.54. The SMILES string of the molecule is NC(=O)CNC(=O)CNC(=O)Cc1ccc(Cl)c(Cl)c1. The van der Waals surface area contributed by atoms with E-state index in [-0.39, 0.29) is 25.4 Å². The van der Waals surface area contributed by atoms with Crippen molar-refractivity contribution >= 4 is 40.9 Å². The molecule has 0 aromatic heterocycles. The van der Waals surface area contributed by atoms with Gasteiger partial charge in [-0.25, -0.2) is 0 Å². The molecule has 0 saturated heterocycles. The minimum Gasteiger partial charge on any atom is -0.368 e. The van der Waals surface area contributed by atoms with Crippen LogP contribution < -0.4 is 16.4 Å². The quantitative estimate of drug-likeness (QED) is 0.701. The molecule has 20 heavy (non-hydrogen) atoms. The second kappa shape index (κ2) is 7.72. The lowest BCUT2D eigenvalue weighted by Gasteiger charge is -2.06. The normalized spacial score (nSPS) is 9.90. The van der Waals surface area contributed by atoms with Crippen molar-refractivity contribution in [2.24, 2.45) is 5.73 Å². The van der Waals surface area contributed by atoms with Crippen LogP contribution in [0.5, 0.6) is 0 Å². The van der Waals surface area contributed by atoms with E-state index in [1.165, 1.54) is 0 Å². The highest BCUT2D eigenvalue weighted by Crippen LogP contribution is 2.22. The number of amides is 3. The van der Waals surface area contributed by atoms with Crippen LogP contribution in [0.4, 0.5) is 0 Å². The zero-order valence-electron chi connectivity index (χ0n) is 10.4. The summed E-state index contributed by atoms with van der Waals surface area (Å²) in [5, 5.41) is 5.42. The molecule has 0 aliphatic rings. The second-order valence-electron chi connectivity index (χ2n) is 3.95. The fourth-order valence-corrected chi connectivity index (χ4v) is 1.65. The van der Waals surface area contributed by atoms with Crippen molar-refractivity contribution in [2.45, 2.75) is 6.42 Å². The molecule has 0 aliphatic heterocycles. The van der Waals surface area contributed by atoms with Crippen LogP contribution >= 0.6 is 23.2 Å². The molecular weight excluding hydrogens is 305 g/mol. The predicted octanol–water partition coefficient (Wildman–Crippen LogP) is 0.254. The molecule has 1 aromatic rings. The van der Waals surface area contributed by atoms with Gasteiger partial charge in [0.2, 0.25) is 17.7 Å². The largest absolute Gasteiger partial charge is 0.368 e. The van der Waals surface area contributed by atoms with Gasteiger partial charge in [-0.15, -0.1) is 0 Å². The van der Waals surface area contributed by atoms with Crippen molar-refractivity contribution < 1.29 is 14.4 Å². The van der Waals surface area contributed by atoms with Gasteiger partial charge in [0.15, 0.2) is 0 Å². The molecule has 3 amide bonds. The highest BCUT2D eigenvalue weighted by Gasteiger charge is 2.08. The number of benzene rings is 1. The maximum absolute atomic E-state index is 11.6. The summed E-state index contributed by atoms with van der Waals surface area (Å²) in [4.78, 5) is 33.3. The second-order valence-corrected chi connectivity index (χ2v) is 4.76. The van der Waals surface area contributed by atoms with Crippen LogP contribution in [0.1, 0.15) is 5.56 Å². The molecule has 0 unspecified atom stereocenters. The van der Waals surface area contributed by atoms with E-state index < -0.39 is 11.8 Å². The van der Waals surface area contributed by atoms with Crippen molar-refractivity contribution in [1.29, 1.82) is 0 Å². The van der Waals surface area contributed by atoms with E-state index >= 15 is 0 Å². The van der Waals surface area contributed by atoms with E-state index in [0.717, 1.165) is 0 Å². The van der Waals surface area contributed by atoms with E-state index in [1.54, 1.807) is 18.2 Å². The van der Waals surface area contributed by atoms with Gasteiger partial charge in [0.05, 0.1) is 29.6 Å². The van der Waals surface area contributed by atoms with E-state index in [2.05, 4.69) is 10.6 Å². The van der Waals surface area contributed by atoms with Gasteiger partial charge < -0.3 is 16.4 Å². The number of carbonyl (C=O) groups is 3. The first-order valence-electron chi connectivity index (χ1n) is 5.64. The van der Waals surface area contributed by atoms with Gasteiger partial charge in [-0.3, -0.25) is 14.4 Å². The molecule has 108 valence electrons. The fourth-order valence-electron chi connectivity index (χ4n) is 1.32. The van der Waals surface area contributed by atoms with Crippen LogP contribution in [0, 0.1) is 0 Å². The van der Waals surface area contributed by atoms with Crippen molar-refractivity contribution in [3.05, 3.63) is 33.8 Å². The van der Waals surface area contributed by atoms with Crippen LogP contribution in [0.25, 0.3) is 0 Å². The molecule has 0 aliphatic carbocycles. The molecule has 0 fully saturated rings. The summed E-state index contributed by atoms with van der Waals surface area (Å²) in [7, 11) is 0. The Morgan fingerprint density at radius 3 is 2.25 bits per heavy atom. The molecule has 1 rings (SSSR count). The molecule has 4 N–H and O–H groups in total. The standard InChI is InChI=1S/C12H13Cl2N3O3/c13-8-2-1-7(3-9(8)14)4-11(19)17-6-12(20)16-5-10(15)18/h1-3H,4-6H2,(H2,15,18)(H,16,20)(H,17,19). The lowest BCUT2D eigenvalue weighted by Crippen LogP contribution is -2.40. The van der Waals surface area contributed by atoms with Gasteiger partial charge in [-0.05, 0) is 17.7 Å². The summed E-state index contributed by atoms with van der Waals surface area (Å²) in [6, 6.07) is 4.84. The highest BCUT2D eigenvalue weighted by molar-refractivity contribution is 6.42. The average Bonchev–Trinajstić information content (AvgIpc) is 2.38. The summed E-state index contributed by atoms with van der Waals surface area (Å²) in [6.07, 6.45) is 0.0694. The van der Waals surface area contributed by atoms with E-state index in [9.17, 15) is 14.4 Å². The minimum atomic E-state index is -0.652. The summed E-state index contributed by atoms with van der Waals surface area (Å²) in [6.45, 7) is -0.491. The van der Waals surface area contributed by atoms with Crippen molar-refractivity contribution in [3.63, 3.8) is 0 Å².